The molecular weight excluding hydrogens is 262 g/mol. The predicted octanol–water partition coefficient (Wildman–Crippen LogP) is 3.00. The van der Waals surface area contributed by atoms with E-state index in [0.717, 1.165) is 6.42 Å². The zero-order valence-electron chi connectivity index (χ0n) is 11.4. The smallest absolute Gasteiger partial charge is 0.120 e. The molecule has 1 aromatic carbocycles. The summed E-state index contributed by atoms with van der Waals surface area (Å²) in [5, 5.41) is 14.1. The molecule has 0 heterocycles. The minimum atomic E-state index is -0.497. The number of hydrogen-bond acceptors (Lipinski definition) is 3. The van der Waals surface area contributed by atoms with Gasteiger partial charge in [-0.3, -0.25) is 0 Å². The molecule has 0 aromatic heterocycles. The molecule has 1 atom stereocenters. The van der Waals surface area contributed by atoms with Crippen LogP contribution in [0.3, 0.4) is 0 Å². The van der Waals surface area contributed by atoms with Crippen molar-refractivity contribution in [3.05, 3.63) is 29.3 Å². The van der Waals surface area contributed by atoms with Crippen LogP contribution in [0.1, 0.15) is 32.6 Å². The third kappa shape index (κ3) is 4.10. The molecule has 0 saturated heterocycles. The zero-order chi connectivity index (χ0) is 13.7. The van der Waals surface area contributed by atoms with Gasteiger partial charge in [-0.05, 0) is 43.9 Å². The molecule has 0 amide bonds. The van der Waals surface area contributed by atoms with E-state index in [0.29, 0.717) is 17.3 Å². The van der Waals surface area contributed by atoms with Crippen molar-refractivity contribution in [2.24, 2.45) is 0 Å². The maximum atomic E-state index is 9.94. The summed E-state index contributed by atoms with van der Waals surface area (Å²) in [4.78, 5) is 0. The molecule has 1 aliphatic carbocycles. The minimum absolute atomic E-state index is 0.261. The summed E-state index contributed by atoms with van der Waals surface area (Å²) in [6.07, 6.45) is 4.34. The van der Waals surface area contributed by atoms with Crippen molar-refractivity contribution in [3.63, 3.8) is 0 Å². The summed E-state index contributed by atoms with van der Waals surface area (Å²) in [5.74, 6) is 0.695. The van der Waals surface area contributed by atoms with Gasteiger partial charge < -0.3 is 15.2 Å². The van der Waals surface area contributed by atoms with Crippen molar-refractivity contribution in [2.45, 2.75) is 44.2 Å². The molecule has 0 radical (unpaired) electrons. The lowest BCUT2D eigenvalue weighted by Crippen LogP contribution is -2.53. The minimum Gasteiger partial charge on any atom is -0.491 e. The molecule has 2 N–H and O–H groups in total. The van der Waals surface area contributed by atoms with E-state index in [2.05, 4.69) is 12.2 Å². The highest BCUT2D eigenvalue weighted by Gasteiger charge is 2.34. The first-order chi connectivity index (χ1) is 9.13. The van der Waals surface area contributed by atoms with Crippen molar-refractivity contribution in [2.75, 3.05) is 13.2 Å². The third-order valence-corrected chi connectivity index (χ3v) is 4.17. The average Bonchev–Trinajstić information content (AvgIpc) is 2.36. The van der Waals surface area contributed by atoms with Gasteiger partial charge in [-0.15, -0.1) is 0 Å². The largest absolute Gasteiger partial charge is 0.491 e. The van der Waals surface area contributed by atoms with Crippen LogP contribution in [0.2, 0.25) is 5.02 Å². The van der Waals surface area contributed by atoms with Gasteiger partial charge in [-0.1, -0.05) is 24.6 Å². The van der Waals surface area contributed by atoms with Crippen molar-refractivity contribution >= 4 is 11.6 Å². The highest BCUT2D eigenvalue weighted by atomic mass is 35.5. The molecule has 1 saturated carbocycles. The molecule has 1 aromatic rings. The Labute approximate surface area is 119 Å². The SMILES string of the molecule is CCC1(NCC(O)COc2cccc(Cl)c2)CCC1. The number of ether oxygens (including phenoxy) is 1. The second kappa shape index (κ2) is 6.60. The normalized spacial score (nSPS) is 18.7. The molecular formula is C15H22ClNO2. The molecule has 3 nitrogen and oxygen atoms in total. The van der Waals surface area contributed by atoms with Crippen LogP contribution >= 0.6 is 11.6 Å². The first-order valence-corrected chi connectivity index (χ1v) is 7.33. The fraction of sp³-hybridized carbons (Fsp3) is 0.600. The van der Waals surface area contributed by atoms with Gasteiger partial charge >= 0.3 is 0 Å². The Bertz CT molecular complexity index is 401. The Morgan fingerprint density at radius 2 is 2.26 bits per heavy atom. The molecule has 0 aliphatic heterocycles. The second-order valence-corrected chi connectivity index (χ2v) is 5.73. The van der Waals surface area contributed by atoms with Crippen molar-refractivity contribution in [1.82, 2.24) is 5.32 Å². The number of benzene rings is 1. The first kappa shape index (κ1) is 14.6. The van der Waals surface area contributed by atoms with Crippen LogP contribution in [0.25, 0.3) is 0 Å². The molecule has 1 aliphatic rings. The molecule has 19 heavy (non-hydrogen) atoms. The Hall–Kier alpha value is -0.770. The van der Waals surface area contributed by atoms with E-state index in [9.17, 15) is 5.11 Å². The standard InChI is InChI=1S/C15H22ClNO2/c1-2-15(7-4-8-15)17-10-13(18)11-19-14-6-3-5-12(16)9-14/h3,5-6,9,13,17-18H,2,4,7-8,10-11H2,1H3. The van der Waals surface area contributed by atoms with Gasteiger partial charge in [0.25, 0.3) is 0 Å². The molecule has 106 valence electrons. The average molecular weight is 284 g/mol. The first-order valence-electron chi connectivity index (χ1n) is 6.95. The lowest BCUT2D eigenvalue weighted by atomic mass is 9.75. The highest BCUT2D eigenvalue weighted by molar-refractivity contribution is 6.30. The maximum absolute atomic E-state index is 9.94. The van der Waals surface area contributed by atoms with Crippen LogP contribution in [-0.4, -0.2) is 29.9 Å². The summed E-state index contributed by atoms with van der Waals surface area (Å²) in [5.41, 5.74) is 0.261. The number of halogens is 1. The van der Waals surface area contributed by atoms with E-state index in [1.54, 1.807) is 12.1 Å². The lowest BCUT2D eigenvalue weighted by molar-refractivity contribution is 0.0811. The van der Waals surface area contributed by atoms with Crippen LogP contribution in [0.4, 0.5) is 0 Å². The van der Waals surface area contributed by atoms with Crippen LogP contribution in [0.5, 0.6) is 5.75 Å². The number of rotatable bonds is 7. The van der Waals surface area contributed by atoms with Gasteiger partial charge in [-0.25, -0.2) is 0 Å². The summed E-state index contributed by atoms with van der Waals surface area (Å²) >= 11 is 5.87. The van der Waals surface area contributed by atoms with E-state index in [1.165, 1.54) is 19.3 Å². The second-order valence-electron chi connectivity index (χ2n) is 5.29. The molecule has 1 fully saturated rings. The Balaban J connectivity index is 1.71. The van der Waals surface area contributed by atoms with Gasteiger partial charge in [0.15, 0.2) is 0 Å². The van der Waals surface area contributed by atoms with E-state index in [4.69, 9.17) is 16.3 Å². The van der Waals surface area contributed by atoms with Gasteiger partial charge in [0.2, 0.25) is 0 Å². The Morgan fingerprint density at radius 1 is 1.47 bits per heavy atom. The number of aliphatic hydroxyl groups excluding tert-OH is 1. The number of β-amino-alcohol motifs (C(OH)–C–C–N with tert-alkyl or cyclic N) is 1. The summed E-state index contributed by atoms with van der Waals surface area (Å²) < 4.78 is 5.52. The number of hydrogen-bond donors (Lipinski definition) is 2. The molecule has 1 unspecified atom stereocenters. The number of nitrogens with one attached hydrogen (secondary N) is 1. The summed E-state index contributed by atoms with van der Waals surface area (Å²) in [6.45, 7) is 3.06. The van der Waals surface area contributed by atoms with E-state index >= 15 is 0 Å². The van der Waals surface area contributed by atoms with Crippen molar-refractivity contribution in [3.8, 4) is 5.75 Å². The molecule has 4 heteroatoms. The van der Waals surface area contributed by atoms with Gasteiger partial charge in [0.05, 0.1) is 0 Å². The van der Waals surface area contributed by atoms with Crippen molar-refractivity contribution < 1.29 is 9.84 Å². The summed E-state index contributed by atoms with van der Waals surface area (Å²) in [6, 6.07) is 7.23. The molecule has 0 bridgehead atoms. The van der Waals surface area contributed by atoms with Gasteiger partial charge in [0, 0.05) is 17.1 Å². The fourth-order valence-electron chi connectivity index (χ4n) is 2.40. The third-order valence-electron chi connectivity index (χ3n) is 3.94. The predicted molar refractivity (Wildman–Crippen MR) is 77.8 cm³/mol. The number of aliphatic hydroxyl groups is 1. The lowest BCUT2D eigenvalue weighted by Gasteiger charge is -2.42. The fourth-order valence-corrected chi connectivity index (χ4v) is 2.58. The van der Waals surface area contributed by atoms with Gasteiger partial charge in [0.1, 0.15) is 18.5 Å². The van der Waals surface area contributed by atoms with E-state index in [-0.39, 0.29) is 12.1 Å². The maximum Gasteiger partial charge on any atom is 0.120 e. The monoisotopic (exact) mass is 283 g/mol. The van der Waals surface area contributed by atoms with E-state index < -0.39 is 6.10 Å². The van der Waals surface area contributed by atoms with Crippen LogP contribution in [-0.2, 0) is 0 Å². The topological polar surface area (TPSA) is 41.5 Å². The van der Waals surface area contributed by atoms with Crippen molar-refractivity contribution in [1.29, 1.82) is 0 Å². The van der Waals surface area contributed by atoms with E-state index in [1.807, 2.05) is 12.1 Å². The highest BCUT2D eigenvalue weighted by Crippen LogP contribution is 2.34. The Kier molecular flexibility index (Phi) is 5.08. The summed E-state index contributed by atoms with van der Waals surface area (Å²) in [7, 11) is 0. The zero-order valence-corrected chi connectivity index (χ0v) is 12.1. The van der Waals surface area contributed by atoms with Gasteiger partial charge in [-0.2, -0.15) is 0 Å². The van der Waals surface area contributed by atoms with Crippen LogP contribution in [0.15, 0.2) is 24.3 Å². The molecule has 0 spiro atoms. The van der Waals surface area contributed by atoms with Crippen LogP contribution in [0, 0.1) is 0 Å². The van der Waals surface area contributed by atoms with Crippen LogP contribution < -0.4 is 10.1 Å². The molecule has 2 rings (SSSR count). The Morgan fingerprint density at radius 3 is 2.84 bits per heavy atom. The quantitative estimate of drug-likeness (QED) is 0.808.